The lowest BCUT2D eigenvalue weighted by Gasteiger charge is -2.29. The average molecular weight is 355 g/mol. The lowest BCUT2D eigenvalue weighted by Crippen LogP contribution is -2.40. The Hall–Kier alpha value is -1.70. The van der Waals surface area contributed by atoms with Crippen LogP contribution in [0.1, 0.15) is 12.8 Å². The maximum Gasteiger partial charge on any atom is 0.306 e. The Morgan fingerprint density at radius 3 is 2.61 bits per heavy atom. The van der Waals surface area contributed by atoms with Gasteiger partial charge in [0.25, 0.3) is 0 Å². The van der Waals surface area contributed by atoms with Gasteiger partial charge in [0.1, 0.15) is 4.90 Å². The molecule has 0 saturated carbocycles. The first-order valence-corrected chi connectivity index (χ1v) is 8.99. The molecule has 1 N–H and O–H groups in total. The van der Waals surface area contributed by atoms with Gasteiger partial charge in [0.15, 0.2) is 0 Å². The van der Waals surface area contributed by atoms with Crippen LogP contribution in [0.25, 0.3) is 10.9 Å². The first-order chi connectivity index (χ1) is 10.9. The Morgan fingerprint density at radius 2 is 1.96 bits per heavy atom. The zero-order valence-electron chi connectivity index (χ0n) is 12.1. The molecule has 0 atom stereocenters. The highest BCUT2D eigenvalue weighted by Gasteiger charge is 2.33. The summed E-state index contributed by atoms with van der Waals surface area (Å²) in [5.41, 5.74) is 0.334. The fourth-order valence-electron chi connectivity index (χ4n) is 2.81. The smallest absolute Gasteiger partial charge is 0.306 e. The van der Waals surface area contributed by atoms with E-state index in [1.807, 2.05) is 0 Å². The minimum Gasteiger partial charge on any atom is -0.481 e. The Morgan fingerprint density at radius 1 is 1.26 bits per heavy atom. The van der Waals surface area contributed by atoms with Crippen LogP contribution in [0.2, 0.25) is 5.02 Å². The summed E-state index contributed by atoms with van der Waals surface area (Å²) in [6, 6.07) is 6.47. The molecular weight excluding hydrogens is 340 g/mol. The van der Waals surface area contributed by atoms with Crippen molar-refractivity contribution in [1.29, 1.82) is 0 Å². The number of piperidine rings is 1. The number of fused-ring (bicyclic) bond motifs is 1. The van der Waals surface area contributed by atoms with E-state index in [4.69, 9.17) is 16.7 Å². The second-order valence-electron chi connectivity index (χ2n) is 5.46. The van der Waals surface area contributed by atoms with Gasteiger partial charge < -0.3 is 5.11 Å². The number of aromatic nitrogens is 1. The molecule has 8 heteroatoms. The number of carbonyl (C=O) groups is 1. The number of sulfonamides is 1. The summed E-state index contributed by atoms with van der Waals surface area (Å²) in [6.45, 7) is 0.381. The molecule has 2 heterocycles. The third kappa shape index (κ3) is 2.91. The van der Waals surface area contributed by atoms with Gasteiger partial charge >= 0.3 is 5.97 Å². The largest absolute Gasteiger partial charge is 0.481 e. The van der Waals surface area contributed by atoms with Crippen LogP contribution in [0, 0.1) is 5.92 Å². The van der Waals surface area contributed by atoms with E-state index in [9.17, 15) is 13.2 Å². The van der Waals surface area contributed by atoms with Crippen LogP contribution in [0.3, 0.4) is 0 Å². The molecule has 2 aromatic rings. The number of benzene rings is 1. The van der Waals surface area contributed by atoms with Crippen molar-refractivity contribution < 1.29 is 18.3 Å². The SMILES string of the molecule is O=C(O)C1CCN(S(=O)(=O)c2cccc3c(Cl)ccnc23)CC1. The summed E-state index contributed by atoms with van der Waals surface area (Å²) in [4.78, 5) is 15.3. The molecule has 122 valence electrons. The predicted octanol–water partition coefficient (Wildman–Crippen LogP) is 2.37. The van der Waals surface area contributed by atoms with E-state index in [-0.39, 0.29) is 18.0 Å². The molecule has 1 aliphatic rings. The highest BCUT2D eigenvalue weighted by molar-refractivity contribution is 7.89. The van der Waals surface area contributed by atoms with E-state index in [0.717, 1.165) is 0 Å². The minimum atomic E-state index is -3.74. The highest BCUT2D eigenvalue weighted by Crippen LogP contribution is 2.30. The van der Waals surface area contributed by atoms with Gasteiger partial charge in [-0.15, -0.1) is 0 Å². The molecule has 0 aliphatic carbocycles. The molecule has 1 saturated heterocycles. The normalized spacial score (nSPS) is 17.4. The van der Waals surface area contributed by atoms with Crippen molar-refractivity contribution in [2.24, 2.45) is 5.92 Å². The third-order valence-electron chi connectivity index (χ3n) is 4.10. The second kappa shape index (κ2) is 6.07. The Labute approximate surface area is 138 Å². The molecular formula is C15H15ClN2O4S. The van der Waals surface area contributed by atoms with Crippen molar-refractivity contribution in [1.82, 2.24) is 9.29 Å². The zero-order valence-corrected chi connectivity index (χ0v) is 13.7. The number of hydrogen-bond acceptors (Lipinski definition) is 4. The Bertz CT molecular complexity index is 861. The van der Waals surface area contributed by atoms with Crippen LogP contribution in [-0.2, 0) is 14.8 Å². The van der Waals surface area contributed by atoms with E-state index in [2.05, 4.69) is 4.98 Å². The average Bonchev–Trinajstić information content (AvgIpc) is 2.55. The van der Waals surface area contributed by atoms with E-state index in [0.29, 0.717) is 28.8 Å². The highest BCUT2D eigenvalue weighted by atomic mass is 35.5. The summed E-state index contributed by atoms with van der Waals surface area (Å²) < 4.78 is 27.1. The predicted molar refractivity (Wildman–Crippen MR) is 85.9 cm³/mol. The number of aliphatic carboxylic acids is 1. The first kappa shape index (κ1) is 16.2. The number of rotatable bonds is 3. The molecule has 1 aliphatic heterocycles. The molecule has 23 heavy (non-hydrogen) atoms. The number of para-hydroxylation sites is 1. The monoisotopic (exact) mass is 354 g/mol. The van der Waals surface area contributed by atoms with Crippen molar-refractivity contribution in [2.45, 2.75) is 17.7 Å². The molecule has 0 spiro atoms. The molecule has 1 aromatic carbocycles. The molecule has 1 fully saturated rings. The van der Waals surface area contributed by atoms with Gasteiger partial charge in [0.05, 0.1) is 16.5 Å². The van der Waals surface area contributed by atoms with Crippen molar-refractivity contribution >= 4 is 38.5 Å². The van der Waals surface area contributed by atoms with Gasteiger partial charge in [-0.1, -0.05) is 23.7 Å². The van der Waals surface area contributed by atoms with E-state index >= 15 is 0 Å². The number of halogens is 1. The van der Waals surface area contributed by atoms with Gasteiger partial charge in [-0.3, -0.25) is 9.78 Å². The lowest BCUT2D eigenvalue weighted by atomic mass is 9.99. The van der Waals surface area contributed by atoms with Crippen LogP contribution in [0.5, 0.6) is 0 Å². The summed E-state index contributed by atoms with van der Waals surface area (Å²) in [6.07, 6.45) is 2.10. The minimum absolute atomic E-state index is 0.103. The van der Waals surface area contributed by atoms with Crippen LogP contribution in [0.4, 0.5) is 0 Å². The van der Waals surface area contributed by atoms with Crippen LogP contribution < -0.4 is 0 Å². The molecule has 0 radical (unpaired) electrons. The molecule has 0 bridgehead atoms. The summed E-state index contributed by atoms with van der Waals surface area (Å²) >= 11 is 6.11. The zero-order chi connectivity index (χ0) is 16.6. The molecule has 6 nitrogen and oxygen atoms in total. The van der Waals surface area contributed by atoms with Crippen LogP contribution >= 0.6 is 11.6 Å². The van der Waals surface area contributed by atoms with E-state index < -0.39 is 21.9 Å². The topological polar surface area (TPSA) is 87.6 Å². The van der Waals surface area contributed by atoms with Gasteiger partial charge in [-0.2, -0.15) is 4.31 Å². The van der Waals surface area contributed by atoms with E-state index in [1.165, 1.54) is 16.6 Å². The molecule has 1 aromatic heterocycles. The molecule has 0 amide bonds. The standard InChI is InChI=1S/C15H15ClN2O4S/c16-12-4-7-17-14-11(12)2-1-3-13(14)23(21,22)18-8-5-10(6-9-18)15(19)20/h1-4,7,10H,5-6,8-9H2,(H,19,20). The number of carboxylic acids is 1. The quantitative estimate of drug-likeness (QED) is 0.914. The van der Waals surface area contributed by atoms with Gasteiger partial charge in [0.2, 0.25) is 10.0 Å². The lowest BCUT2D eigenvalue weighted by molar-refractivity contribution is -0.142. The Kier molecular flexibility index (Phi) is 4.27. The number of nitrogens with zero attached hydrogens (tertiary/aromatic N) is 2. The van der Waals surface area contributed by atoms with Crippen molar-refractivity contribution in [3.05, 3.63) is 35.5 Å². The fourth-order valence-corrected chi connectivity index (χ4v) is 4.64. The van der Waals surface area contributed by atoms with Crippen molar-refractivity contribution in [2.75, 3.05) is 13.1 Å². The number of carboxylic acid groups (broad SMARTS) is 1. The van der Waals surface area contributed by atoms with Gasteiger partial charge in [-0.25, -0.2) is 8.42 Å². The third-order valence-corrected chi connectivity index (χ3v) is 6.36. The van der Waals surface area contributed by atoms with Gasteiger partial charge in [-0.05, 0) is 25.0 Å². The maximum absolute atomic E-state index is 12.9. The van der Waals surface area contributed by atoms with E-state index in [1.54, 1.807) is 18.2 Å². The molecule has 0 unspecified atom stereocenters. The molecule has 3 rings (SSSR count). The Balaban J connectivity index is 1.98. The van der Waals surface area contributed by atoms with Crippen molar-refractivity contribution in [3.63, 3.8) is 0 Å². The fraction of sp³-hybridized carbons (Fsp3) is 0.333. The van der Waals surface area contributed by atoms with Gasteiger partial charge in [0, 0.05) is 24.7 Å². The maximum atomic E-state index is 12.9. The van der Waals surface area contributed by atoms with Crippen LogP contribution in [0.15, 0.2) is 35.4 Å². The summed E-state index contributed by atoms with van der Waals surface area (Å²) in [5, 5.41) is 10.0. The number of pyridine rings is 1. The van der Waals surface area contributed by atoms with Crippen molar-refractivity contribution in [3.8, 4) is 0 Å². The second-order valence-corrected chi connectivity index (χ2v) is 7.78. The summed E-state index contributed by atoms with van der Waals surface area (Å²) in [7, 11) is -3.74. The summed E-state index contributed by atoms with van der Waals surface area (Å²) in [5.74, 6) is -1.36. The first-order valence-electron chi connectivity index (χ1n) is 7.17. The van der Waals surface area contributed by atoms with Crippen LogP contribution in [-0.4, -0.2) is 41.9 Å². The number of hydrogen-bond donors (Lipinski definition) is 1.